The van der Waals surface area contributed by atoms with Crippen molar-refractivity contribution in [1.82, 2.24) is 5.32 Å². The SMILES string of the molecule is C[C@@H](NC(=O)CCc1ccc(F)cc1)c1ccc(F)cc1. The van der Waals surface area contributed by atoms with Crippen LogP contribution in [-0.2, 0) is 11.2 Å². The molecular formula is C17H17F2NO. The molecule has 0 aliphatic carbocycles. The quantitative estimate of drug-likeness (QED) is 0.892. The summed E-state index contributed by atoms with van der Waals surface area (Å²) in [6.45, 7) is 1.85. The number of hydrogen-bond acceptors (Lipinski definition) is 1. The van der Waals surface area contributed by atoms with Gasteiger partial charge in [-0.1, -0.05) is 24.3 Å². The number of amides is 1. The number of nitrogens with one attached hydrogen (secondary N) is 1. The summed E-state index contributed by atoms with van der Waals surface area (Å²) >= 11 is 0. The Morgan fingerprint density at radius 3 is 2.10 bits per heavy atom. The summed E-state index contributed by atoms with van der Waals surface area (Å²) in [7, 11) is 0. The van der Waals surface area contributed by atoms with Gasteiger partial charge in [-0.3, -0.25) is 4.79 Å². The lowest BCUT2D eigenvalue weighted by atomic mass is 10.1. The minimum atomic E-state index is -0.298. The van der Waals surface area contributed by atoms with Crippen molar-refractivity contribution in [3.63, 3.8) is 0 Å². The first-order valence-corrected chi connectivity index (χ1v) is 6.84. The second-order valence-corrected chi connectivity index (χ2v) is 4.97. The molecule has 4 heteroatoms. The minimum Gasteiger partial charge on any atom is -0.350 e. The standard InChI is InChI=1S/C17H17F2NO/c1-12(14-5-9-16(19)10-6-14)20-17(21)11-4-13-2-7-15(18)8-3-13/h2-3,5-10,12H,4,11H2,1H3,(H,20,21)/t12-/m1/s1. The predicted octanol–water partition coefficient (Wildman–Crippen LogP) is 3.77. The van der Waals surface area contributed by atoms with Crippen LogP contribution < -0.4 is 5.32 Å². The van der Waals surface area contributed by atoms with Gasteiger partial charge < -0.3 is 5.32 Å². The average molecular weight is 289 g/mol. The number of benzene rings is 2. The van der Waals surface area contributed by atoms with Crippen LogP contribution in [0, 0.1) is 11.6 Å². The van der Waals surface area contributed by atoms with E-state index in [0.717, 1.165) is 11.1 Å². The molecule has 0 heterocycles. The van der Waals surface area contributed by atoms with Gasteiger partial charge in [-0.05, 0) is 48.7 Å². The van der Waals surface area contributed by atoms with E-state index < -0.39 is 0 Å². The smallest absolute Gasteiger partial charge is 0.220 e. The maximum atomic E-state index is 12.8. The fourth-order valence-corrected chi connectivity index (χ4v) is 2.06. The third kappa shape index (κ3) is 4.67. The second kappa shape index (κ2) is 6.97. The van der Waals surface area contributed by atoms with Gasteiger partial charge in [0.2, 0.25) is 5.91 Å². The summed E-state index contributed by atoms with van der Waals surface area (Å²) in [5.41, 5.74) is 1.77. The molecule has 0 spiro atoms. The first kappa shape index (κ1) is 15.2. The lowest BCUT2D eigenvalue weighted by molar-refractivity contribution is -0.121. The van der Waals surface area contributed by atoms with Crippen molar-refractivity contribution in [3.8, 4) is 0 Å². The Labute approximate surface area is 122 Å². The molecule has 0 radical (unpaired) electrons. The number of aryl methyl sites for hydroxylation is 1. The van der Waals surface area contributed by atoms with E-state index in [9.17, 15) is 13.6 Å². The van der Waals surface area contributed by atoms with E-state index in [1.807, 2.05) is 6.92 Å². The Hall–Kier alpha value is -2.23. The third-order valence-corrected chi connectivity index (χ3v) is 3.30. The summed E-state index contributed by atoms with van der Waals surface area (Å²) in [6, 6.07) is 12.0. The van der Waals surface area contributed by atoms with Gasteiger partial charge in [-0.2, -0.15) is 0 Å². The highest BCUT2D eigenvalue weighted by Crippen LogP contribution is 2.13. The van der Waals surface area contributed by atoms with Gasteiger partial charge in [0.25, 0.3) is 0 Å². The van der Waals surface area contributed by atoms with Crippen LogP contribution in [-0.4, -0.2) is 5.91 Å². The predicted molar refractivity (Wildman–Crippen MR) is 77.7 cm³/mol. The van der Waals surface area contributed by atoms with Crippen LogP contribution in [0.15, 0.2) is 48.5 Å². The maximum absolute atomic E-state index is 12.8. The van der Waals surface area contributed by atoms with Crippen molar-refractivity contribution in [2.24, 2.45) is 0 Å². The molecule has 2 rings (SSSR count). The maximum Gasteiger partial charge on any atom is 0.220 e. The Bertz CT molecular complexity index is 593. The molecule has 2 aromatic rings. The molecule has 0 fully saturated rings. The van der Waals surface area contributed by atoms with E-state index in [-0.39, 0.29) is 23.6 Å². The molecule has 2 aromatic carbocycles. The number of hydrogen-bond donors (Lipinski definition) is 1. The number of carbonyl (C=O) groups excluding carboxylic acids is 1. The van der Waals surface area contributed by atoms with Gasteiger partial charge in [0.1, 0.15) is 11.6 Å². The molecule has 0 unspecified atom stereocenters. The average Bonchev–Trinajstić information content (AvgIpc) is 2.47. The number of carbonyl (C=O) groups is 1. The zero-order chi connectivity index (χ0) is 15.2. The van der Waals surface area contributed by atoms with Crippen LogP contribution in [0.2, 0.25) is 0 Å². The van der Waals surface area contributed by atoms with Gasteiger partial charge in [0, 0.05) is 6.42 Å². The van der Waals surface area contributed by atoms with Crippen LogP contribution in [0.3, 0.4) is 0 Å². The van der Waals surface area contributed by atoms with Crippen molar-refractivity contribution in [3.05, 3.63) is 71.3 Å². The number of rotatable bonds is 5. The normalized spacial score (nSPS) is 12.0. The van der Waals surface area contributed by atoms with Gasteiger partial charge in [0.05, 0.1) is 6.04 Å². The lowest BCUT2D eigenvalue weighted by Gasteiger charge is -2.14. The van der Waals surface area contributed by atoms with Crippen molar-refractivity contribution in [2.75, 3.05) is 0 Å². The van der Waals surface area contributed by atoms with E-state index in [1.165, 1.54) is 24.3 Å². The monoisotopic (exact) mass is 289 g/mol. The van der Waals surface area contributed by atoms with Crippen molar-refractivity contribution >= 4 is 5.91 Å². The molecule has 1 amide bonds. The first-order valence-electron chi connectivity index (χ1n) is 6.84. The van der Waals surface area contributed by atoms with Crippen molar-refractivity contribution in [1.29, 1.82) is 0 Å². The van der Waals surface area contributed by atoms with Crippen LogP contribution in [0.5, 0.6) is 0 Å². The molecule has 21 heavy (non-hydrogen) atoms. The highest BCUT2D eigenvalue weighted by Gasteiger charge is 2.09. The van der Waals surface area contributed by atoms with Crippen LogP contribution >= 0.6 is 0 Å². The molecule has 1 N–H and O–H groups in total. The molecule has 0 saturated heterocycles. The molecule has 2 nitrogen and oxygen atoms in total. The highest BCUT2D eigenvalue weighted by molar-refractivity contribution is 5.76. The van der Waals surface area contributed by atoms with Crippen LogP contribution in [0.4, 0.5) is 8.78 Å². The summed E-state index contributed by atoms with van der Waals surface area (Å²) in [6.07, 6.45) is 0.888. The van der Waals surface area contributed by atoms with Gasteiger partial charge in [-0.15, -0.1) is 0 Å². The fraction of sp³-hybridized carbons (Fsp3) is 0.235. The Morgan fingerprint density at radius 1 is 1.00 bits per heavy atom. The largest absolute Gasteiger partial charge is 0.350 e. The lowest BCUT2D eigenvalue weighted by Crippen LogP contribution is -2.26. The van der Waals surface area contributed by atoms with E-state index >= 15 is 0 Å². The van der Waals surface area contributed by atoms with Gasteiger partial charge in [0.15, 0.2) is 0 Å². The van der Waals surface area contributed by atoms with Crippen LogP contribution in [0.25, 0.3) is 0 Å². The summed E-state index contributed by atoms with van der Waals surface area (Å²) in [4.78, 5) is 11.9. The Kier molecular flexibility index (Phi) is 5.04. The fourth-order valence-electron chi connectivity index (χ4n) is 2.06. The van der Waals surface area contributed by atoms with E-state index in [2.05, 4.69) is 5.32 Å². The molecule has 0 aromatic heterocycles. The van der Waals surface area contributed by atoms with Gasteiger partial charge >= 0.3 is 0 Å². The molecule has 0 bridgehead atoms. The van der Waals surface area contributed by atoms with E-state index in [1.54, 1.807) is 24.3 Å². The van der Waals surface area contributed by atoms with E-state index in [4.69, 9.17) is 0 Å². The Morgan fingerprint density at radius 2 is 1.52 bits per heavy atom. The molecule has 0 saturated carbocycles. The molecule has 110 valence electrons. The molecule has 0 aliphatic heterocycles. The van der Waals surface area contributed by atoms with E-state index in [0.29, 0.717) is 12.8 Å². The minimum absolute atomic E-state index is 0.0869. The molecule has 1 atom stereocenters. The summed E-state index contributed by atoms with van der Waals surface area (Å²) in [5, 5.41) is 2.86. The third-order valence-electron chi connectivity index (χ3n) is 3.30. The topological polar surface area (TPSA) is 29.1 Å². The zero-order valence-electron chi connectivity index (χ0n) is 11.8. The van der Waals surface area contributed by atoms with Crippen molar-refractivity contribution < 1.29 is 13.6 Å². The highest BCUT2D eigenvalue weighted by atomic mass is 19.1. The van der Waals surface area contributed by atoms with Crippen LogP contribution in [0.1, 0.15) is 30.5 Å². The molecule has 0 aliphatic rings. The zero-order valence-corrected chi connectivity index (χ0v) is 11.8. The van der Waals surface area contributed by atoms with Gasteiger partial charge in [-0.25, -0.2) is 8.78 Å². The second-order valence-electron chi connectivity index (χ2n) is 4.97. The van der Waals surface area contributed by atoms with Crippen molar-refractivity contribution in [2.45, 2.75) is 25.8 Å². The summed E-state index contributed by atoms with van der Waals surface area (Å²) < 4.78 is 25.6. The Balaban J connectivity index is 1.83. The summed E-state index contributed by atoms with van der Waals surface area (Å²) in [5.74, 6) is -0.669. The number of halogens is 2. The molecular weight excluding hydrogens is 272 g/mol. The first-order chi connectivity index (χ1) is 10.0.